The number of Topliss-reactive ketones (excluding diaryl/α,β-unsaturated/α-hetero) is 1. The van der Waals surface area contributed by atoms with Gasteiger partial charge in [0.1, 0.15) is 5.75 Å². The molecule has 0 aliphatic carbocycles. The van der Waals surface area contributed by atoms with Crippen molar-refractivity contribution >= 4 is 23.3 Å². The van der Waals surface area contributed by atoms with Gasteiger partial charge in [0, 0.05) is 44.0 Å². The molecule has 1 aromatic heterocycles. The summed E-state index contributed by atoms with van der Waals surface area (Å²) in [4.78, 5) is 41.4. The zero-order valence-electron chi connectivity index (χ0n) is 15.2. The number of aromatic nitrogens is 2. The summed E-state index contributed by atoms with van der Waals surface area (Å²) in [5, 5.41) is 2.86. The van der Waals surface area contributed by atoms with Gasteiger partial charge in [0.15, 0.2) is 12.4 Å². The van der Waals surface area contributed by atoms with Gasteiger partial charge < -0.3 is 19.5 Å². The molecule has 0 radical (unpaired) electrons. The largest absolute Gasteiger partial charge is 0.482 e. The summed E-state index contributed by atoms with van der Waals surface area (Å²) in [5.41, 5.74) is 1.04. The number of ether oxygens (including phenoxy) is 1. The van der Waals surface area contributed by atoms with Gasteiger partial charge in [-0.25, -0.2) is 4.98 Å². The summed E-state index contributed by atoms with van der Waals surface area (Å²) in [6.07, 6.45) is 6.30. The minimum Gasteiger partial charge on any atom is -0.482 e. The van der Waals surface area contributed by atoms with Crippen LogP contribution in [-0.4, -0.2) is 46.8 Å². The molecule has 0 bridgehead atoms. The maximum atomic E-state index is 12.2. The predicted molar refractivity (Wildman–Crippen MR) is 98.8 cm³/mol. The summed E-state index contributed by atoms with van der Waals surface area (Å²) in [7, 11) is 0. The normalized spacial score (nSPS) is 13.1. The third-order valence-corrected chi connectivity index (χ3v) is 4.35. The number of benzene rings is 1. The highest BCUT2D eigenvalue weighted by Gasteiger charge is 2.26. The number of aryl methyl sites for hydroxylation is 1. The number of nitrogens with one attached hydrogen (secondary N) is 1. The molecule has 1 aliphatic rings. The quantitative estimate of drug-likeness (QED) is 0.560. The molecule has 2 aromatic rings. The Balaban J connectivity index is 1.52. The van der Waals surface area contributed by atoms with Crippen LogP contribution in [-0.2, 0) is 16.1 Å². The smallest absolute Gasteiger partial charge is 0.265 e. The van der Waals surface area contributed by atoms with Crippen LogP contribution < -0.4 is 15.0 Å². The van der Waals surface area contributed by atoms with E-state index in [1.165, 1.54) is 11.8 Å². The predicted octanol–water partition coefficient (Wildman–Crippen LogP) is 1.41. The second kappa shape index (κ2) is 8.48. The van der Waals surface area contributed by atoms with Crippen LogP contribution in [0.3, 0.4) is 0 Å². The molecule has 2 heterocycles. The number of ketones is 1. The van der Waals surface area contributed by atoms with E-state index < -0.39 is 0 Å². The van der Waals surface area contributed by atoms with E-state index in [1.807, 2.05) is 10.8 Å². The van der Waals surface area contributed by atoms with Crippen molar-refractivity contribution in [3.8, 4) is 5.75 Å². The minimum atomic E-state index is -0.226. The summed E-state index contributed by atoms with van der Waals surface area (Å²) in [6, 6.07) is 4.99. The Morgan fingerprint density at radius 1 is 1.30 bits per heavy atom. The topological polar surface area (TPSA) is 93.5 Å². The highest BCUT2D eigenvalue weighted by molar-refractivity contribution is 6.01. The number of anilines is 1. The summed E-state index contributed by atoms with van der Waals surface area (Å²) >= 11 is 0. The van der Waals surface area contributed by atoms with Crippen LogP contribution >= 0.6 is 0 Å². The summed E-state index contributed by atoms with van der Waals surface area (Å²) in [5.74, 6) is 0.104. The molecule has 1 aliphatic heterocycles. The highest BCUT2D eigenvalue weighted by atomic mass is 16.5. The Labute approximate surface area is 157 Å². The van der Waals surface area contributed by atoms with Crippen molar-refractivity contribution < 1.29 is 19.1 Å². The first-order valence-corrected chi connectivity index (χ1v) is 8.85. The zero-order valence-corrected chi connectivity index (χ0v) is 15.2. The van der Waals surface area contributed by atoms with Crippen molar-refractivity contribution in [2.24, 2.45) is 0 Å². The van der Waals surface area contributed by atoms with Gasteiger partial charge >= 0.3 is 0 Å². The number of carbonyl (C=O) groups is 3. The molecule has 0 fully saturated rings. The summed E-state index contributed by atoms with van der Waals surface area (Å²) in [6.45, 7) is 2.97. The Kier molecular flexibility index (Phi) is 5.85. The fraction of sp³-hybridized carbons (Fsp3) is 0.368. The number of nitrogens with zero attached hydrogens (tertiary/aromatic N) is 3. The van der Waals surface area contributed by atoms with Gasteiger partial charge in [0.05, 0.1) is 12.0 Å². The van der Waals surface area contributed by atoms with E-state index in [0.717, 1.165) is 13.0 Å². The number of rotatable bonds is 8. The number of amides is 2. The second-order valence-electron chi connectivity index (χ2n) is 6.33. The van der Waals surface area contributed by atoms with E-state index in [9.17, 15) is 14.4 Å². The Hall–Kier alpha value is -3.16. The lowest BCUT2D eigenvalue weighted by Gasteiger charge is -2.29. The average molecular weight is 370 g/mol. The summed E-state index contributed by atoms with van der Waals surface area (Å²) < 4.78 is 7.36. The van der Waals surface area contributed by atoms with Crippen molar-refractivity contribution in [2.75, 3.05) is 24.6 Å². The van der Waals surface area contributed by atoms with Crippen molar-refractivity contribution in [1.29, 1.82) is 0 Å². The SMILES string of the molecule is CC(=O)c1ccc2c(c1)N(CCC(=O)NCCCn1ccnc1)C(=O)CO2. The molecule has 0 atom stereocenters. The van der Waals surface area contributed by atoms with Crippen LogP contribution in [0.4, 0.5) is 5.69 Å². The fourth-order valence-corrected chi connectivity index (χ4v) is 2.88. The van der Waals surface area contributed by atoms with E-state index in [2.05, 4.69) is 10.3 Å². The van der Waals surface area contributed by atoms with Gasteiger partial charge in [-0.1, -0.05) is 0 Å². The van der Waals surface area contributed by atoms with Gasteiger partial charge in [-0.15, -0.1) is 0 Å². The van der Waals surface area contributed by atoms with E-state index in [-0.39, 0.29) is 37.2 Å². The molecule has 0 unspecified atom stereocenters. The lowest BCUT2D eigenvalue weighted by Crippen LogP contribution is -2.41. The Bertz CT molecular complexity index is 832. The van der Waals surface area contributed by atoms with Crippen LogP contribution in [0, 0.1) is 0 Å². The average Bonchev–Trinajstić information content (AvgIpc) is 3.17. The van der Waals surface area contributed by atoms with Gasteiger partial charge in [-0.3, -0.25) is 14.4 Å². The third-order valence-electron chi connectivity index (χ3n) is 4.35. The number of hydrogen-bond acceptors (Lipinski definition) is 5. The van der Waals surface area contributed by atoms with Crippen LogP contribution in [0.5, 0.6) is 5.75 Å². The molecular weight excluding hydrogens is 348 g/mol. The molecule has 0 spiro atoms. The molecule has 0 saturated heterocycles. The number of carbonyl (C=O) groups excluding carboxylic acids is 3. The molecule has 1 N–H and O–H groups in total. The third kappa shape index (κ3) is 4.72. The zero-order chi connectivity index (χ0) is 19.2. The molecule has 1 aromatic carbocycles. The standard InChI is InChI=1S/C19H22N4O4/c1-14(24)15-3-4-17-16(11-15)23(19(26)12-27-17)9-5-18(25)21-6-2-8-22-10-7-20-13-22/h3-4,7,10-11,13H,2,5-6,8-9,12H2,1H3,(H,21,25). The lowest BCUT2D eigenvalue weighted by molar-refractivity contribution is -0.122. The molecule has 0 saturated carbocycles. The molecule has 142 valence electrons. The highest BCUT2D eigenvalue weighted by Crippen LogP contribution is 2.33. The monoisotopic (exact) mass is 370 g/mol. The Morgan fingerprint density at radius 3 is 2.89 bits per heavy atom. The van der Waals surface area contributed by atoms with Crippen molar-refractivity contribution in [2.45, 2.75) is 26.3 Å². The van der Waals surface area contributed by atoms with Crippen molar-refractivity contribution in [1.82, 2.24) is 14.9 Å². The first kappa shape index (κ1) is 18.6. The van der Waals surface area contributed by atoms with E-state index >= 15 is 0 Å². The van der Waals surface area contributed by atoms with E-state index in [4.69, 9.17) is 4.74 Å². The molecular formula is C19H22N4O4. The van der Waals surface area contributed by atoms with Crippen molar-refractivity contribution in [3.05, 3.63) is 42.5 Å². The first-order chi connectivity index (χ1) is 13.0. The van der Waals surface area contributed by atoms with Gasteiger partial charge in [-0.05, 0) is 31.5 Å². The molecule has 8 nitrogen and oxygen atoms in total. The molecule has 27 heavy (non-hydrogen) atoms. The lowest BCUT2D eigenvalue weighted by atomic mass is 10.1. The molecule has 2 amide bonds. The van der Waals surface area contributed by atoms with Gasteiger partial charge in [-0.2, -0.15) is 0 Å². The Morgan fingerprint density at radius 2 is 2.15 bits per heavy atom. The first-order valence-electron chi connectivity index (χ1n) is 8.85. The van der Waals surface area contributed by atoms with Crippen LogP contribution in [0.2, 0.25) is 0 Å². The van der Waals surface area contributed by atoms with Gasteiger partial charge in [0.25, 0.3) is 5.91 Å². The van der Waals surface area contributed by atoms with Crippen LogP contribution in [0.25, 0.3) is 0 Å². The number of fused-ring (bicyclic) bond motifs is 1. The maximum Gasteiger partial charge on any atom is 0.265 e. The number of hydrogen-bond donors (Lipinski definition) is 1. The van der Waals surface area contributed by atoms with Crippen LogP contribution in [0.15, 0.2) is 36.9 Å². The van der Waals surface area contributed by atoms with E-state index in [0.29, 0.717) is 23.5 Å². The van der Waals surface area contributed by atoms with Crippen LogP contribution in [0.1, 0.15) is 30.1 Å². The van der Waals surface area contributed by atoms with Crippen molar-refractivity contribution in [3.63, 3.8) is 0 Å². The fourth-order valence-electron chi connectivity index (χ4n) is 2.88. The minimum absolute atomic E-state index is 0.0705. The maximum absolute atomic E-state index is 12.2. The number of imidazole rings is 1. The second-order valence-corrected chi connectivity index (χ2v) is 6.33. The molecule has 3 rings (SSSR count). The van der Waals surface area contributed by atoms with Gasteiger partial charge in [0.2, 0.25) is 5.91 Å². The molecule has 8 heteroatoms. The van der Waals surface area contributed by atoms with E-state index in [1.54, 1.807) is 30.7 Å².